The highest BCUT2D eigenvalue weighted by molar-refractivity contribution is 5.92. The van der Waals surface area contributed by atoms with Crippen LogP contribution in [0.1, 0.15) is 36.7 Å². The van der Waals surface area contributed by atoms with E-state index in [2.05, 4.69) is 10.4 Å². The van der Waals surface area contributed by atoms with Crippen LogP contribution in [0.4, 0.5) is 0 Å². The molecule has 0 aromatic carbocycles. The molecule has 0 bridgehead atoms. The van der Waals surface area contributed by atoms with Crippen LogP contribution in [-0.2, 0) is 11.3 Å². The molecule has 0 aliphatic carbocycles. The fourth-order valence-electron chi connectivity index (χ4n) is 2.11. The molecule has 7 heteroatoms. The van der Waals surface area contributed by atoms with Crippen molar-refractivity contribution in [2.75, 3.05) is 19.8 Å². The number of nitrogens with one attached hydrogen (secondary N) is 1. The standard InChI is InChI=1S/C14H21N3O4/c1-2-3-7-17-12(18)5-4-11(16-17)13(19)15-9-14(20)6-8-21-10-14/h4-5,20H,2-3,6-10H2,1H3,(H,15,19). The van der Waals surface area contributed by atoms with Gasteiger partial charge >= 0.3 is 0 Å². The molecule has 1 aliphatic rings. The van der Waals surface area contributed by atoms with Gasteiger partial charge in [-0.15, -0.1) is 0 Å². The van der Waals surface area contributed by atoms with E-state index in [0.717, 1.165) is 12.8 Å². The Hall–Kier alpha value is -1.73. The largest absolute Gasteiger partial charge is 0.386 e. The Morgan fingerprint density at radius 3 is 3.05 bits per heavy atom. The fraction of sp³-hybridized carbons (Fsp3) is 0.643. The number of carbonyl (C=O) groups excluding carboxylic acids is 1. The Labute approximate surface area is 122 Å². The van der Waals surface area contributed by atoms with Crippen LogP contribution in [0.15, 0.2) is 16.9 Å². The number of hydrogen-bond donors (Lipinski definition) is 2. The molecule has 1 aromatic heterocycles. The van der Waals surface area contributed by atoms with Crippen molar-refractivity contribution >= 4 is 5.91 Å². The molecule has 2 N–H and O–H groups in total. The number of carbonyl (C=O) groups is 1. The lowest BCUT2D eigenvalue weighted by Gasteiger charge is -2.20. The molecule has 1 aliphatic heterocycles. The fourth-order valence-corrected chi connectivity index (χ4v) is 2.11. The van der Waals surface area contributed by atoms with Gasteiger partial charge in [-0.2, -0.15) is 5.10 Å². The minimum absolute atomic E-state index is 0.113. The van der Waals surface area contributed by atoms with Crippen LogP contribution in [0, 0.1) is 0 Å². The summed E-state index contributed by atoms with van der Waals surface area (Å²) in [6, 6.07) is 2.74. The maximum atomic E-state index is 12.0. The first-order chi connectivity index (χ1) is 10.0. The SMILES string of the molecule is CCCCn1nc(C(=O)NCC2(O)CCOC2)ccc1=O. The number of ether oxygens (including phenoxy) is 1. The van der Waals surface area contributed by atoms with Gasteiger partial charge in [0.15, 0.2) is 0 Å². The molecule has 0 spiro atoms. The van der Waals surface area contributed by atoms with Gasteiger partial charge in [0.25, 0.3) is 11.5 Å². The second-order valence-electron chi connectivity index (χ2n) is 5.34. The van der Waals surface area contributed by atoms with Gasteiger partial charge in [-0.05, 0) is 12.5 Å². The van der Waals surface area contributed by atoms with Crippen LogP contribution in [0.5, 0.6) is 0 Å². The molecule has 1 saturated heterocycles. The van der Waals surface area contributed by atoms with Crippen molar-refractivity contribution in [1.82, 2.24) is 15.1 Å². The molecule has 21 heavy (non-hydrogen) atoms. The molecule has 2 rings (SSSR count). The molecular weight excluding hydrogens is 274 g/mol. The van der Waals surface area contributed by atoms with Crippen LogP contribution < -0.4 is 10.9 Å². The molecular formula is C14H21N3O4. The van der Waals surface area contributed by atoms with Crippen LogP contribution in [0.25, 0.3) is 0 Å². The minimum Gasteiger partial charge on any atom is -0.386 e. The quantitative estimate of drug-likeness (QED) is 0.766. The number of rotatable bonds is 6. The zero-order chi connectivity index (χ0) is 15.3. The van der Waals surface area contributed by atoms with Crippen molar-refractivity contribution in [3.05, 3.63) is 28.2 Å². The maximum absolute atomic E-state index is 12.0. The van der Waals surface area contributed by atoms with E-state index < -0.39 is 11.5 Å². The second kappa shape index (κ2) is 6.82. The summed E-state index contributed by atoms with van der Waals surface area (Å²) < 4.78 is 6.41. The molecule has 7 nitrogen and oxygen atoms in total. The lowest BCUT2D eigenvalue weighted by Crippen LogP contribution is -2.43. The molecule has 0 saturated carbocycles. The number of aryl methyl sites for hydroxylation is 1. The minimum atomic E-state index is -1.01. The Bertz CT molecular complexity index is 549. The van der Waals surface area contributed by atoms with Crippen LogP contribution in [0.3, 0.4) is 0 Å². The number of amides is 1. The normalized spacial score (nSPS) is 21.4. The summed E-state index contributed by atoms with van der Waals surface area (Å²) in [5.41, 5.74) is -1.05. The third-order valence-corrected chi connectivity index (χ3v) is 3.48. The van der Waals surface area contributed by atoms with Crippen molar-refractivity contribution in [3.63, 3.8) is 0 Å². The first kappa shape index (κ1) is 15.7. The molecule has 1 fully saturated rings. The van der Waals surface area contributed by atoms with Gasteiger partial charge in [-0.1, -0.05) is 13.3 Å². The van der Waals surface area contributed by atoms with Gasteiger partial charge in [-0.25, -0.2) is 4.68 Å². The van der Waals surface area contributed by atoms with Crippen LogP contribution in [-0.4, -0.2) is 46.2 Å². The number of nitrogens with zero attached hydrogens (tertiary/aromatic N) is 2. The zero-order valence-electron chi connectivity index (χ0n) is 12.2. The molecule has 1 amide bonds. The Morgan fingerprint density at radius 1 is 1.57 bits per heavy atom. The third-order valence-electron chi connectivity index (χ3n) is 3.48. The highest BCUT2D eigenvalue weighted by Crippen LogP contribution is 2.16. The Kier molecular flexibility index (Phi) is 5.08. The predicted molar refractivity (Wildman–Crippen MR) is 76.1 cm³/mol. The Morgan fingerprint density at radius 2 is 2.38 bits per heavy atom. The summed E-state index contributed by atoms with van der Waals surface area (Å²) in [4.78, 5) is 23.7. The van der Waals surface area contributed by atoms with Gasteiger partial charge in [0.05, 0.1) is 6.61 Å². The van der Waals surface area contributed by atoms with E-state index in [-0.39, 0.29) is 24.4 Å². The summed E-state index contributed by atoms with van der Waals surface area (Å²) in [7, 11) is 0. The first-order valence-electron chi connectivity index (χ1n) is 7.20. The van der Waals surface area contributed by atoms with Crippen LogP contribution in [0.2, 0.25) is 0 Å². The molecule has 2 heterocycles. The monoisotopic (exact) mass is 295 g/mol. The van der Waals surface area contributed by atoms with E-state index in [1.54, 1.807) is 0 Å². The molecule has 1 aromatic rings. The highest BCUT2D eigenvalue weighted by atomic mass is 16.5. The lowest BCUT2D eigenvalue weighted by atomic mass is 10.0. The van der Waals surface area contributed by atoms with Crippen molar-refractivity contribution in [3.8, 4) is 0 Å². The maximum Gasteiger partial charge on any atom is 0.271 e. The molecule has 1 atom stereocenters. The molecule has 1 unspecified atom stereocenters. The number of aliphatic hydroxyl groups is 1. The summed E-state index contributed by atoms with van der Waals surface area (Å²) in [5, 5.41) is 16.8. The van der Waals surface area contributed by atoms with Crippen molar-refractivity contribution < 1.29 is 14.6 Å². The summed E-state index contributed by atoms with van der Waals surface area (Å²) >= 11 is 0. The van der Waals surface area contributed by atoms with Gasteiger partial charge in [0.2, 0.25) is 0 Å². The van der Waals surface area contributed by atoms with Gasteiger partial charge in [0, 0.05) is 32.2 Å². The molecule has 116 valence electrons. The zero-order valence-corrected chi connectivity index (χ0v) is 12.2. The Balaban J connectivity index is 2.00. The van der Waals surface area contributed by atoms with Crippen molar-refractivity contribution in [2.24, 2.45) is 0 Å². The van der Waals surface area contributed by atoms with Crippen molar-refractivity contribution in [1.29, 1.82) is 0 Å². The predicted octanol–water partition coefficient (Wildman–Crippen LogP) is -0.0754. The van der Waals surface area contributed by atoms with E-state index in [1.165, 1.54) is 16.8 Å². The van der Waals surface area contributed by atoms with Gasteiger partial charge < -0.3 is 15.2 Å². The van der Waals surface area contributed by atoms with E-state index in [4.69, 9.17) is 4.74 Å². The number of aromatic nitrogens is 2. The topological polar surface area (TPSA) is 93.5 Å². The summed E-state index contributed by atoms with van der Waals surface area (Å²) in [5.74, 6) is -0.402. The average Bonchev–Trinajstić information content (AvgIpc) is 2.91. The lowest BCUT2D eigenvalue weighted by molar-refractivity contribution is 0.0264. The summed E-state index contributed by atoms with van der Waals surface area (Å²) in [6.07, 6.45) is 2.27. The van der Waals surface area contributed by atoms with E-state index in [0.29, 0.717) is 19.6 Å². The third kappa shape index (κ3) is 4.12. The van der Waals surface area contributed by atoms with E-state index in [9.17, 15) is 14.7 Å². The summed E-state index contributed by atoms with van der Waals surface area (Å²) in [6.45, 7) is 3.34. The first-order valence-corrected chi connectivity index (χ1v) is 7.20. The van der Waals surface area contributed by atoms with Crippen molar-refractivity contribution in [2.45, 2.75) is 38.3 Å². The average molecular weight is 295 g/mol. The number of unbranched alkanes of at least 4 members (excludes halogenated alkanes) is 1. The molecule has 0 radical (unpaired) electrons. The smallest absolute Gasteiger partial charge is 0.271 e. The highest BCUT2D eigenvalue weighted by Gasteiger charge is 2.32. The van der Waals surface area contributed by atoms with E-state index >= 15 is 0 Å². The second-order valence-corrected chi connectivity index (χ2v) is 5.34. The van der Waals surface area contributed by atoms with Crippen LogP contribution >= 0.6 is 0 Å². The van der Waals surface area contributed by atoms with Gasteiger partial charge in [-0.3, -0.25) is 9.59 Å². The number of hydrogen-bond acceptors (Lipinski definition) is 5. The van der Waals surface area contributed by atoms with E-state index in [1.807, 2.05) is 6.92 Å². The van der Waals surface area contributed by atoms with Gasteiger partial charge in [0.1, 0.15) is 11.3 Å².